The fourth-order valence-corrected chi connectivity index (χ4v) is 3.77. The van der Waals surface area contributed by atoms with Gasteiger partial charge in [-0.25, -0.2) is 8.42 Å². The Morgan fingerprint density at radius 2 is 1.86 bits per heavy atom. The van der Waals surface area contributed by atoms with Gasteiger partial charge in [-0.15, -0.1) is 12.4 Å². The summed E-state index contributed by atoms with van der Waals surface area (Å²) >= 11 is 0. The molecule has 0 unspecified atom stereocenters. The fraction of sp³-hybridized carbons (Fsp3) is 0.500. The van der Waals surface area contributed by atoms with Gasteiger partial charge in [0.2, 0.25) is 0 Å². The molecule has 2 rings (SSSR count). The topological polar surface area (TPSA) is 89.3 Å². The summed E-state index contributed by atoms with van der Waals surface area (Å²) in [6, 6.07) is 7.10. The molecule has 1 amide bonds. The van der Waals surface area contributed by atoms with Crippen molar-refractivity contribution < 1.29 is 13.2 Å². The molecule has 0 spiro atoms. The Bertz CT molecular complexity index is 595. The smallest absolute Gasteiger partial charge is 0.251 e. The van der Waals surface area contributed by atoms with Crippen LogP contribution in [0, 0.1) is 5.41 Å². The zero-order valence-electron chi connectivity index (χ0n) is 12.0. The van der Waals surface area contributed by atoms with Crippen LogP contribution in [0.2, 0.25) is 0 Å². The van der Waals surface area contributed by atoms with Crippen LogP contribution in [0.4, 0.5) is 0 Å². The number of rotatable bonds is 6. The third-order valence-electron chi connectivity index (χ3n) is 3.60. The minimum atomic E-state index is -3.01. The van der Waals surface area contributed by atoms with Crippen molar-refractivity contribution in [3.63, 3.8) is 0 Å². The van der Waals surface area contributed by atoms with E-state index in [1.165, 1.54) is 6.26 Å². The van der Waals surface area contributed by atoms with Gasteiger partial charge in [-0.1, -0.05) is 12.1 Å². The largest absolute Gasteiger partial charge is 0.351 e. The first-order valence-corrected chi connectivity index (χ1v) is 8.65. The molecule has 21 heavy (non-hydrogen) atoms. The molecule has 0 heterocycles. The first kappa shape index (κ1) is 17.9. The highest BCUT2D eigenvalue weighted by molar-refractivity contribution is 7.90. The molecule has 1 aromatic rings. The monoisotopic (exact) mass is 332 g/mol. The molecule has 7 heteroatoms. The number of sulfone groups is 1. The predicted octanol–water partition coefficient (Wildman–Crippen LogP) is 1.12. The van der Waals surface area contributed by atoms with Crippen LogP contribution in [0.1, 0.15) is 28.8 Å². The summed E-state index contributed by atoms with van der Waals surface area (Å²) in [6.07, 6.45) is 2.94. The summed E-state index contributed by atoms with van der Waals surface area (Å²) in [4.78, 5) is 12.0. The summed E-state index contributed by atoms with van der Waals surface area (Å²) < 4.78 is 22.7. The standard InChI is InChI=1S/C14H20N2O3S.ClH/c1-20(18,19)10-14(6-7-14)9-16-13(17)12-4-2-11(8-15)3-5-12;/h2-5H,6-10,15H2,1H3,(H,16,17);1H. The van der Waals surface area contributed by atoms with Crippen molar-refractivity contribution in [3.05, 3.63) is 35.4 Å². The van der Waals surface area contributed by atoms with Crippen molar-refractivity contribution in [2.45, 2.75) is 19.4 Å². The Balaban J connectivity index is 0.00000220. The van der Waals surface area contributed by atoms with Gasteiger partial charge < -0.3 is 11.1 Å². The van der Waals surface area contributed by atoms with Gasteiger partial charge in [0.05, 0.1) is 5.75 Å². The molecule has 0 aliphatic heterocycles. The van der Waals surface area contributed by atoms with Crippen LogP contribution in [0.3, 0.4) is 0 Å². The lowest BCUT2D eigenvalue weighted by molar-refractivity contribution is 0.0946. The zero-order chi connectivity index (χ0) is 14.8. The maximum Gasteiger partial charge on any atom is 0.251 e. The second-order valence-corrected chi connectivity index (χ2v) is 7.79. The summed E-state index contributed by atoms with van der Waals surface area (Å²) in [7, 11) is -3.01. The number of halogens is 1. The summed E-state index contributed by atoms with van der Waals surface area (Å²) in [5.74, 6) is -0.0276. The average molecular weight is 333 g/mol. The lowest BCUT2D eigenvalue weighted by Crippen LogP contribution is -2.33. The van der Waals surface area contributed by atoms with Crippen molar-refractivity contribution in [3.8, 4) is 0 Å². The van der Waals surface area contributed by atoms with Crippen molar-refractivity contribution >= 4 is 28.2 Å². The lowest BCUT2D eigenvalue weighted by Gasteiger charge is -2.15. The second-order valence-electron chi connectivity index (χ2n) is 5.65. The Morgan fingerprint density at radius 3 is 2.29 bits per heavy atom. The molecule has 0 atom stereocenters. The molecule has 0 saturated heterocycles. The number of carbonyl (C=O) groups is 1. The van der Waals surface area contributed by atoms with Gasteiger partial charge in [0.1, 0.15) is 9.84 Å². The van der Waals surface area contributed by atoms with E-state index >= 15 is 0 Å². The third kappa shape index (κ3) is 5.30. The molecule has 0 aromatic heterocycles. The van der Waals surface area contributed by atoms with Crippen LogP contribution in [-0.4, -0.2) is 32.9 Å². The molecule has 118 valence electrons. The minimum Gasteiger partial charge on any atom is -0.351 e. The van der Waals surface area contributed by atoms with E-state index in [1.54, 1.807) is 12.1 Å². The first-order chi connectivity index (χ1) is 9.34. The number of amides is 1. The van der Waals surface area contributed by atoms with Crippen molar-refractivity contribution in [1.82, 2.24) is 5.32 Å². The van der Waals surface area contributed by atoms with Crippen molar-refractivity contribution in [1.29, 1.82) is 0 Å². The molecule has 1 saturated carbocycles. The van der Waals surface area contributed by atoms with Gasteiger partial charge in [-0.2, -0.15) is 0 Å². The van der Waals surface area contributed by atoms with E-state index < -0.39 is 9.84 Å². The Morgan fingerprint density at radius 1 is 1.29 bits per heavy atom. The van der Waals surface area contributed by atoms with Crippen LogP contribution in [0.25, 0.3) is 0 Å². The van der Waals surface area contributed by atoms with E-state index in [9.17, 15) is 13.2 Å². The highest BCUT2D eigenvalue weighted by Crippen LogP contribution is 2.46. The first-order valence-electron chi connectivity index (χ1n) is 6.59. The Hall–Kier alpha value is -1.11. The van der Waals surface area contributed by atoms with Crippen LogP contribution >= 0.6 is 12.4 Å². The van der Waals surface area contributed by atoms with Crippen LogP contribution in [-0.2, 0) is 16.4 Å². The van der Waals surface area contributed by atoms with Gasteiger partial charge in [-0.05, 0) is 30.5 Å². The van der Waals surface area contributed by atoms with E-state index in [2.05, 4.69) is 5.32 Å². The van der Waals surface area contributed by atoms with Gasteiger partial charge in [0.25, 0.3) is 5.91 Å². The van der Waals surface area contributed by atoms with E-state index in [-0.39, 0.29) is 29.5 Å². The maximum atomic E-state index is 12.0. The van der Waals surface area contributed by atoms with Gasteiger partial charge in [0.15, 0.2) is 0 Å². The van der Waals surface area contributed by atoms with Crippen LogP contribution in [0.5, 0.6) is 0 Å². The van der Waals surface area contributed by atoms with E-state index in [1.807, 2.05) is 12.1 Å². The van der Waals surface area contributed by atoms with E-state index in [4.69, 9.17) is 5.73 Å². The van der Waals surface area contributed by atoms with E-state index in [0.29, 0.717) is 18.7 Å². The molecular formula is C14H21ClN2O3S. The molecule has 1 fully saturated rings. The summed E-state index contributed by atoms with van der Waals surface area (Å²) in [6.45, 7) is 0.858. The van der Waals surface area contributed by atoms with Crippen molar-refractivity contribution in [2.24, 2.45) is 11.1 Å². The summed E-state index contributed by atoms with van der Waals surface area (Å²) in [5, 5.41) is 2.83. The number of nitrogens with two attached hydrogens (primary N) is 1. The molecule has 1 aliphatic rings. The zero-order valence-corrected chi connectivity index (χ0v) is 13.6. The fourth-order valence-electron chi connectivity index (χ4n) is 2.27. The van der Waals surface area contributed by atoms with Crippen LogP contribution in [0.15, 0.2) is 24.3 Å². The number of nitrogens with one attached hydrogen (secondary N) is 1. The highest BCUT2D eigenvalue weighted by Gasteiger charge is 2.45. The average Bonchev–Trinajstić information content (AvgIpc) is 3.14. The molecular weight excluding hydrogens is 312 g/mol. The molecule has 3 N–H and O–H groups in total. The number of hydrogen-bond donors (Lipinski definition) is 2. The maximum absolute atomic E-state index is 12.0. The predicted molar refractivity (Wildman–Crippen MR) is 85.3 cm³/mol. The van der Waals surface area contributed by atoms with Gasteiger partial charge in [0, 0.05) is 30.3 Å². The molecule has 0 radical (unpaired) electrons. The minimum absolute atomic E-state index is 0. The summed E-state index contributed by atoms with van der Waals surface area (Å²) in [5.41, 5.74) is 6.79. The molecule has 5 nitrogen and oxygen atoms in total. The number of benzene rings is 1. The Labute approximate surface area is 131 Å². The highest BCUT2D eigenvalue weighted by atomic mass is 35.5. The number of carbonyl (C=O) groups excluding carboxylic acids is 1. The van der Waals surface area contributed by atoms with Gasteiger partial charge in [-0.3, -0.25) is 4.79 Å². The molecule has 0 bridgehead atoms. The SMILES string of the molecule is CS(=O)(=O)CC1(CNC(=O)c2ccc(CN)cc2)CC1.Cl. The Kier molecular flexibility index (Phi) is 5.78. The second kappa shape index (κ2) is 6.77. The molecule has 1 aliphatic carbocycles. The van der Waals surface area contributed by atoms with Gasteiger partial charge >= 0.3 is 0 Å². The lowest BCUT2D eigenvalue weighted by atomic mass is 10.1. The van der Waals surface area contributed by atoms with E-state index in [0.717, 1.165) is 18.4 Å². The normalized spacial score (nSPS) is 15.9. The molecule has 1 aromatic carbocycles. The van der Waals surface area contributed by atoms with Crippen LogP contribution < -0.4 is 11.1 Å². The number of hydrogen-bond acceptors (Lipinski definition) is 4. The van der Waals surface area contributed by atoms with Crippen molar-refractivity contribution in [2.75, 3.05) is 18.6 Å². The quantitative estimate of drug-likeness (QED) is 0.817. The third-order valence-corrected chi connectivity index (χ3v) is 4.74.